The molecule has 132 valence electrons. The molecule has 2 fully saturated rings. The molecule has 0 spiro atoms. The van der Waals surface area contributed by atoms with Gasteiger partial charge in [0.15, 0.2) is 0 Å². The Balaban J connectivity index is 1.62. The van der Waals surface area contributed by atoms with Crippen molar-refractivity contribution < 1.29 is 9.53 Å². The third-order valence-corrected chi connectivity index (χ3v) is 5.90. The van der Waals surface area contributed by atoms with Gasteiger partial charge in [-0.3, -0.25) is 4.79 Å². The zero-order valence-corrected chi connectivity index (χ0v) is 15.0. The molecule has 1 saturated carbocycles. The van der Waals surface area contributed by atoms with Crippen LogP contribution in [0.3, 0.4) is 0 Å². The van der Waals surface area contributed by atoms with E-state index in [0.29, 0.717) is 13.0 Å². The van der Waals surface area contributed by atoms with Gasteiger partial charge in [-0.2, -0.15) is 0 Å². The second kappa shape index (κ2) is 6.37. The maximum Gasteiger partial charge on any atom is 0.243 e. The van der Waals surface area contributed by atoms with Crippen LogP contribution in [0.1, 0.15) is 27.2 Å². The number of ether oxygens (including phenoxy) is 1. The van der Waals surface area contributed by atoms with Crippen molar-refractivity contribution in [1.82, 2.24) is 4.90 Å². The smallest absolute Gasteiger partial charge is 0.243 e. The van der Waals surface area contributed by atoms with E-state index in [4.69, 9.17) is 10.5 Å². The summed E-state index contributed by atoms with van der Waals surface area (Å²) in [6, 6.07) is 10.3. The maximum absolute atomic E-state index is 13.0. The molecule has 24 heavy (non-hydrogen) atoms. The Labute approximate surface area is 144 Å². The molecule has 1 aliphatic heterocycles. The van der Waals surface area contributed by atoms with Crippen LogP contribution in [-0.4, -0.2) is 55.2 Å². The first-order valence-corrected chi connectivity index (χ1v) is 8.90. The van der Waals surface area contributed by atoms with Crippen LogP contribution >= 0.6 is 0 Å². The minimum atomic E-state index is -0.804. The molecule has 2 N–H and O–H groups in total. The van der Waals surface area contributed by atoms with Crippen molar-refractivity contribution in [3.63, 3.8) is 0 Å². The van der Waals surface area contributed by atoms with Crippen molar-refractivity contribution in [3.8, 4) is 0 Å². The van der Waals surface area contributed by atoms with Gasteiger partial charge in [-0.1, -0.05) is 32.0 Å². The fourth-order valence-electron chi connectivity index (χ4n) is 3.89. The molecule has 0 bridgehead atoms. The number of nitrogens with two attached hydrogens (primary N) is 1. The quantitative estimate of drug-likeness (QED) is 0.915. The predicted octanol–water partition coefficient (Wildman–Crippen LogP) is 1.87. The molecule has 5 heteroatoms. The van der Waals surface area contributed by atoms with Crippen LogP contribution in [0.25, 0.3) is 0 Å². The summed E-state index contributed by atoms with van der Waals surface area (Å²) in [5.41, 5.74) is 6.63. The Kier molecular flexibility index (Phi) is 4.58. The number of piperazine rings is 1. The largest absolute Gasteiger partial charge is 0.378 e. The molecular formula is C19H29N3O2. The van der Waals surface area contributed by atoms with Gasteiger partial charge in [0, 0.05) is 50.3 Å². The van der Waals surface area contributed by atoms with Crippen LogP contribution in [0.2, 0.25) is 0 Å². The number of nitrogens with zero attached hydrogens (tertiary/aromatic N) is 2. The average molecular weight is 331 g/mol. The van der Waals surface area contributed by atoms with Crippen LogP contribution in [0, 0.1) is 5.41 Å². The molecule has 3 rings (SSSR count). The molecule has 1 amide bonds. The summed E-state index contributed by atoms with van der Waals surface area (Å²) in [4.78, 5) is 17.3. The molecule has 1 heterocycles. The lowest BCUT2D eigenvalue weighted by molar-refractivity contribution is -0.179. The molecular weight excluding hydrogens is 302 g/mol. The number of rotatable bonds is 4. The SMILES string of the molecule is CCOC1CC(N)(C(=O)N2CCN(c3ccccc3)CC2)C1(C)C. The second-order valence-electron chi connectivity index (χ2n) is 7.46. The van der Waals surface area contributed by atoms with Crippen LogP contribution in [0.15, 0.2) is 30.3 Å². The lowest BCUT2D eigenvalue weighted by atomic mass is 9.54. The average Bonchev–Trinajstić information content (AvgIpc) is 2.61. The number of amides is 1. The monoisotopic (exact) mass is 331 g/mol. The van der Waals surface area contributed by atoms with E-state index in [1.165, 1.54) is 5.69 Å². The molecule has 2 unspecified atom stereocenters. The third-order valence-electron chi connectivity index (χ3n) is 5.90. The summed E-state index contributed by atoms with van der Waals surface area (Å²) in [7, 11) is 0. The first-order valence-electron chi connectivity index (χ1n) is 8.90. The molecule has 2 atom stereocenters. The van der Waals surface area contributed by atoms with E-state index in [1.807, 2.05) is 30.0 Å². The van der Waals surface area contributed by atoms with E-state index in [1.54, 1.807) is 0 Å². The zero-order chi connectivity index (χ0) is 17.4. The number of hydrogen-bond acceptors (Lipinski definition) is 4. The van der Waals surface area contributed by atoms with E-state index in [9.17, 15) is 4.79 Å². The van der Waals surface area contributed by atoms with E-state index < -0.39 is 5.54 Å². The Morgan fingerprint density at radius 2 is 1.83 bits per heavy atom. The predicted molar refractivity (Wildman–Crippen MR) is 96.0 cm³/mol. The summed E-state index contributed by atoms with van der Waals surface area (Å²) in [6.45, 7) is 9.89. The first kappa shape index (κ1) is 17.2. The highest BCUT2D eigenvalue weighted by Gasteiger charge is 2.63. The fraction of sp³-hybridized carbons (Fsp3) is 0.632. The van der Waals surface area contributed by atoms with E-state index in [2.05, 4.69) is 30.9 Å². The summed E-state index contributed by atoms with van der Waals surface area (Å²) in [5.74, 6) is 0.0798. The number of carbonyl (C=O) groups excluding carboxylic acids is 1. The molecule has 1 aliphatic carbocycles. The molecule has 2 aliphatic rings. The summed E-state index contributed by atoms with van der Waals surface area (Å²) in [5, 5.41) is 0. The first-order chi connectivity index (χ1) is 11.4. The van der Waals surface area contributed by atoms with E-state index in [-0.39, 0.29) is 17.4 Å². The van der Waals surface area contributed by atoms with Crippen LogP contribution in [0.4, 0.5) is 5.69 Å². The highest BCUT2D eigenvalue weighted by Crippen LogP contribution is 2.50. The van der Waals surface area contributed by atoms with Crippen molar-refractivity contribution >= 4 is 11.6 Å². The summed E-state index contributed by atoms with van der Waals surface area (Å²) in [6.07, 6.45) is 0.688. The normalized spacial score (nSPS) is 29.2. The van der Waals surface area contributed by atoms with Gasteiger partial charge >= 0.3 is 0 Å². The van der Waals surface area contributed by atoms with Crippen molar-refractivity contribution in [2.24, 2.45) is 11.1 Å². The van der Waals surface area contributed by atoms with E-state index >= 15 is 0 Å². The Morgan fingerprint density at radius 3 is 2.38 bits per heavy atom. The van der Waals surface area contributed by atoms with Crippen molar-refractivity contribution in [1.29, 1.82) is 0 Å². The zero-order valence-electron chi connectivity index (χ0n) is 15.0. The lowest BCUT2D eigenvalue weighted by Gasteiger charge is -2.59. The van der Waals surface area contributed by atoms with E-state index in [0.717, 1.165) is 26.2 Å². The minimum absolute atomic E-state index is 0.0713. The fourth-order valence-corrected chi connectivity index (χ4v) is 3.89. The van der Waals surface area contributed by atoms with Gasteiger partial charge in [-0.05, 0) is 19.1 Å². The molecule has 1 aromatic carbocycles. The highest BCUT2D eigenvalue weighted by atomic mass is 16.5. The van der Waals surface area contributed by atoms with Gasteiger partial charge < -0.3 is 20.3 Å². The summed E-state index contributed by atoms with van der Waals surface area (Å²) < 4.78 is 5.74. The van der Waals surface area contributed by atoms with Crippen molar-refractivity contribution in [3.05, 3.63) is 30.3 Å². The Morgan fingerprint density at radius 1 is 1.21 bits per heavy atom. The molecule has 1 aromatic rings. The number of para-hydroxylation sites is 1. The lowest BCUT2D eigenvalue weighted by Crippen LogP contribution is -2.76. The van der Waals surface area contributed by atoms with Gasteiger partial charge in [0.1, 0.15) is 5.54 Å². The number of hydrogen-bond donors (Lipinski definition) is 1. The van der Waals surface area contributed by atoms with Gasteiger partial charge in [0.25, 0.3) is 0 Å². The standard InChI is InChI=1S/C19H29N3O2/c1-4-24-16-14-19(20,18(16,2)3)17(23)22-12-10-21(11-13-22)15-8-6-5-7-9-15/h5-9,16H,4,10-14,20H2,1-3H3. The number of benzene rings is 1. The summed E-state index contributed by atoms with van der Waals surface area (Å²) >= 11 is 0. The second-order valence-corrected chi connectivity index (χ2v) is 7.46. The van der Waals surface area contributed by atoms with Crippen LogP contribution < -0.4 is 10.6 Å². The minimum Gasteiger partial charge on any atom is -0.378 e. The molecule has 5 nitrogen and oxygen atoms in total. The van der Waals surface area contributed by atoms with Crippen LogP contribution in [0.5, 0.6) is 0 Å². The number of anilines is 1. The Bertz CT molecular complexity index is 582. The topological polar surface area (TPSA) is 58.8 Å². The maximum atomic E-state index is 13.0. The van der Waals surface area contributed by atoms with Gasteiger partial charge in [0.05, 0.1) is 6.10 Å². The molecule has 0 aromatic heterocycles. The van der Waals surface area contributed by atoms with Crippen molar-refractivity contribution in [2.45, 2.75) is 38.8 Å². The highest BCUT2D eigenvalue weighted by molar-refractivity contribution is 5.89. The van der Waals surface area contributed by atoms with Crippen LogP contribution in [-0.2, 0) is 9.53 Å². The van der Waals surface area contributed by atoms with Gasteiger partial charge in [0.2, 0.25) is 5.91 Å². The molecule has 0 radical (unpaired) electrons. The number of carbonyl (C=O) groups is 1. The Hall–Kier alpha value is -1.59. The van der Waals surface area contributed by atoms with Gasteiger partial charge in [-0.15, -0.1) is 0 Å². The molecule has 1 saturated heterocycles. The van der Waals surface area contributed by atoms with Crippen molar-refractivity contribution in [2.75, 3.05) is 37.7 Å². The third kappa shape index (κ3) is 2.70. The van der Waals surface area contributed by atoms with Gasteiger partial charge in [-0.25, -0.2) is 0 Å².